The normalized spacial score (nSPS) is 20.3. The van der Waals surface area contributed by atoms with Crippen LogP contribution in [0.2, 0.25) is 0 Å². The molecule has 0 fully saturated rings. The molecule has 0 aromatic carbocycles. The number of rotatable bonds is 0. The zero-order chi connectivity index (χ0) is 5.11. The molecular formula is C4H4OS2. The Bertz CT molecular complexity index is 108. The summed E-state index contributed by atoms with van der Waals surface area (Å²) < 4.78 is 0. The Hall–Kier alpha value is 0.110. The monoisotopic (exact) mass is 132 g/mol. The SMILES string of the molecule is O=C1CC=CSS1. The van der Waals surface area contributed by atoms with Crippen molar-refractivity contribution >= 4 is 26.7 Å². The van der Waals surface area contributed by atoms with Crippen molar-refractivity contribution in [3.63, 3.8) is 0 Å². The number of hydrogen-bond donors (Lipinski definition) is 0. The van der Waals surface area contributed by atoms with Crippen molar-refractivity contribution in [2.24, 2.45) is 0 Å². The summed E-state index contributed by atoms with van der Waals surface area (Å²) in [5, 5.41) is 2.19. The van der Waals surface area contributed by atoms with Crippen LogP contribution >= 0.6 is 21.6 Å². The van der Waals surface area contributed by atoms with Crippen LogP contribution in [0, 0.1) is 0 Å². The van der Waals surface area contributed by atoms with Gasteiger partial charge in [0, 0.05) is 6.42 Å². The number of hydrogen-bond acceptors (Lipinski definition) is 3. The van der Waals surface area contributed by atoms with Crippen molar-refractivity contribution < 1.29 is 4.79 Å². The standard InChI is InChI=1S/C4H4OS2/c5-4-2-1-3-6-7-4/h1,3H,2H2. The van der Waals surface area contributed by atoms with Gasteiger partial charge in [-0.2, -0.15) is 0 Å². The summed E-state index contributed by atoms with van der Waals surface area (Å²) >= 11 is 0. The van der Waals surface area contributed by atoms with Crippen LogP contribution in [0.5, 0.6) is 0 Å². The zero-order valence-corrected chi connectivity index (χ0v) is 5.22. The van der Waals surface area contributed by atoms with Crippen LogP contribution in [0.25, 0.3) is 0 Å². The fourth-order valence-electron chi connectivity index (χ4n) is 0.299. The molecule has 0 aromatic rings. The predicted molar refractivity (Wildman–Crippen MR) is 33.9 cm³/mol. The maximum absolute atomic E-state index is 10.4. The Morgan fingerprint density at radius 1 is 1.71 bits per heavy atom. The first kappa shape index (κ1) is 5.25. The highest BCUT2D eigenvalue weighted by Gasteiger charge is 2.01. The van der Waals surface area contributed by atoms with E-state index in [9.17, 15) is 4.79 Å². The molecule has 0 aliphatic carbocycles. The quantitative estimate of drug-likeness (QED) is 0.468. The van der Waals surface area contributed by atoms with Gasteiger partial charge in [-0.1, -0.05) is 16.9 Å². The van der Waals surface area contributed by atoms with Gasteiger partial charge in [0.25, 0.3) is 0 Å². The van der Waals surface area contributed by atoms with E-state index in [4.69, 9.17) is 0 Å². The van der Waals surface area contributed by atoms with Crippen LogP contribution in [0.1, 0.15) is 6.42 Å². The van der Waals surface area contributed by atoms with Crippen LogP contribution in [0.4, 0.5) is 0 Å². The highest BCUT2D eigenvalue weighted by atomic mass is 33.1. The van der Waals surface area contributed by atoms with E-state index in [0.29, 0.717) is 6.42 Å². The van der Waals surface area contributed by atoms with Gasteiger partial charge in [0.2, 0.25) is 5.12 Å². The van der Waals surface area contributed by atoms with Gasteiger partial charge in [-0.05, 0) is 16.2 Å². The zero-order valence-electron chi connectivity index (χ0n) is 3.59. The van der Waals surface area contributed by atoms with Gasteiger partial charge >= 0.3 is 0 Å². The average Bonchev–Trinajstić information content (AvgIpc) is 1.69. The van der Waals surface area contributed by atoms with E-state index in [-0.39, 0.29) is 5.12 Å². The van der Waals surface area contributed by atoms with Crippen molar-refractivity contribution in [2.75, 3.05) is 0 Å². The lowest BCUT2D eigenvalue weighted by Gasteiger charge is -1.95. The molecule has 3 heteroatoms. The second kappa shape index (κ2) is 2.43. The van der Waals surface area contributed by atoms with E-state index in [1.54, 1.807) is 0 Å². The van der Waals surface area contributed by atoms with Gasteiger partial charge in [0.1, 0.15) is 0 Å². The van der Waals surface area contributed by atoms with Gasteiger partial charge in [-0.25, -0.2) is 0 Å². The number of carbonyl (C=O) groups excluding carboxylic acids is 1. The maximum Gasteiger partial charge on any atom is 0.203 e. The molecule has 7 heavy (non-hydrogen) atoms. The second-order valence-electron chi connectivity index (χ2n) is 1.13. The molecule has 1 aliphatic heterocycles. The summed E-state index contributed by atoms with van der Waals surface area (Å²) in [4.78, 5) is 10.4. The van der Waals surface area contributed by atoms with E-state index in [1.807, 2.05) is 11.5 Å². The predicted octanol–water partition coefficient (Wildman–Crippen LogP) is 1.81. The highest BCUT2D eigenvalue weighted by molar-refractivity contribution is 8.83. The first-order valence-corrected chi connectivity index (χ1v) is 4.12. The van der Waals surface area contributed by atoms with Crippen LogP contribution in [0.15, 0.2) is 11.5 Å². The van der Waals surface area contributed by atoms with E-state index in [1.165, 1.54) is 21.6 Å². The molecule has 0 N–H and O–H groups in total. The maximum atomic E-state index is 10.4. The molecule has 1 nitrogen and oxygen atoms in total. The van der Waals surface area contributed by atoms with Gasteiger partial charge in [-0.3, -0.25) is 4.79 Å². The van der Waals surface area contributed by atoms with E-state index in [2.05, 4.69) is 0 Å². The molecule has 0 atom stereocenters. The fourth-order valence-corrected chi connectivity index (χ4v) is 1.73. The minimum Gasteiger partial charge on any atom is -0.286 e. The Kier molecular flexibility index (Phi) is 1.82. The topological polar surface area (TPSA) is 17.1 Å². The molecule has 38 valence electrons. The lowest BCUT2D eigenvalue weighted by atomic mass is 10.5. The number of allylic oxidation sites excluding steroid dienone is 1. The Morgan fingerprint density at radius 3 is 2.86 bits per heavy atom. The van der Waals surface area contributed by atoms with E-state index >= 15 is 0 Å². The van der Waals surface area contributed by atoms with Gasteiger partial charge < -0.3 is 0 Å². The number of carbonyl (C=O) groups is 1. The van der Waals surface area contributed by atoms with Gasteiger partial charge in [0.15, 0.2) is 0 Å². The van der Waals surface area contributed by atoms with Crippen LogP contribution in [0.3, 0.4) is 0 Å². The molecule has 0 bridgehead atoms. The lowest BCUT2D eigenvalue weighted by molar-refractivity contribution is -0.110. The minimum absolute atomic E-state index is 0.257. The third-order valence-electron chi connectivity index (χ3n) is 0.577. The van der Waals surface area contributed by atoms with E-state index < -0.39 is 0 Å². The van der Waals surface area contributed by atoms with Crippen molar-refractivity contribution in [2.45, 2.75) is 6.42 Å². The smallest absolute Gasteiger partial charge is 0.203 e. The summed E-state index contributed by atoms with van der Waals surface area (Å²) in [6.07, 6.45) is 2.49. The Balaban J connectivity index is 2.47. The summed E-state index contributed by atoms with van der Waals surface area (Å²) in [5.41, 5.74) is 0. The Labute approximate surface area is 49.9 Å². The van der Waals surface area contributed by atoms with Crippen LogP contribution in [-0.4, -0.2) is 5.12 Å². The lowest BCUT2D eigenvalue weighted by Crippen LogP contribution is -1.86. The van der Waals surface area contributed by atoms with Crippen molar-refractivity contribution in [3.05, 3.63) is 11.5 Å². The third kappa shape index (κ3) is 1.57. The molecule has 0 unspecified atom stereocenters. The minimum atomic E-state index is 0.257. The molecule has 0 radical (unpaired) electrons. The molecule has 1 rings (SSSR count). The fraction of sp³-hybridized carbons (Fsp3) is 0.250. The van der Waals surface area contributed by atoms with Crippen molar-refractivity contribution in [1.82, 2.24) is 0 Å². The summed E-state index contributed by atoms with van der Waals surface area (Å²) in [7, 11) is 2.80. The largest absolute Gasteiger partial charge is 0.286 e. The van der Waals surface area contributed by atoms with E-state index in [0.717, 1.165) is 0 Å². The summed E-state index contributed by atoms with van der Waals surface area (Å²) in [6.45, 7) is 0. The van der Waals surface area contributed by atoms with Gasteiger partial charge in [0.05, 0.1) is 0 Å². The van der Waals surface area contributed by atoms with Crippen molar-refractivity contribution in [3.8, 4) is 0 Å². The first-order chi connectivity index (χ1) is 3.39. The molecule has 0 saturated heterocycles. The van der Waals surface area contributed by atoms with Crippen LogP contribution < -0.4 is 0 Å². The average molecular weight is 132 g/mol. The van der Waals surface area contributed by atoms with Crippen molar-refractivity contribution in [1.29, 1.82) is 0 Å². The first-order valence-electron chi connectivity index (χ1n) is 1.91. The molecular weight excluding hydrogens is 128 g/mol. The Morgan fingerprint density at radius 2 is 2.57 bits per heavy atom. The molecule has 0 amide bonds. The third-order valence-corrected chi connectivity index (χ3v) is 2.51. The molecule has 1 aliphatic rings. The highest BCUT2D eigenvalue weighted by Crippen LogP contribution is 2.28. The van der Waals surface area contributed by atoms with Gasteiger partial charge in [-0.15, -0.1) is 0 Å². The molecule has 0 aromatic heterocycles. The molecule has 1 heterocycles. The second-order valence-corrected chi connectivity index (χ2v) is 3.29. The van der Waals surface area contributed by atoms with Crippen LogP contribution in [-0.2, 0) is 4.79 Å². The summed E-state index contributed by atoms with van der Waals surface area (Å²) in [5.74, 6) is 0. The molecule has 0 spiro atoms. The molecule has 0 saturated carbocycles. The summed E-state index contributed by atoms with van der Waals surface area (Å²) in [6, 6.07) is 0.